The summed E-state index contributed by atoms with van der Waals surface area (Å²) in [6.45, 7) is 6.77. The molecule has 2 rings (SSSR count). The SMILES string of the molecule is CCCOc1c(Cl)cc(Cl)cc1CNCC1CCNCC1. The van der Waals surface area contributed by atoms with Crippen LogP contribution in [0.2, 0.25) is 10.0 Å². The summed E-state index contributed by atoms with van der Waals surface area (Å²) in [5.74, 6) is 1.52. The second-order valence-corrected chi connectivity index (χ2v) is 6.39. The first-order valence-electron chi connectivity index (χ1n) is 7.73. The number of hydrogen-bond acceptors (Lipinski definition) is 3. The highest BCUT2D eigenvalue weighted by Crippen LogP contribution is 2.32. The monoisotopic (exact) mass is 330 g/mol. The van der Waals surface area contributed by atoms with Crippen molar-refractivity contribution in [1.82, 2.24) is 10.6 Å². The lowest BCUT2D eigenvalue weighted by Gasteiger charge is -2.23. The van der Waals surface area contributed by atoms with Gasteiger partial charge in [-0.2, -0.15) is 0 Å². The molecule has 1 heterocycles. The summed E-state index contributed by atoms with van der Waals surface area (Å²) in [4.78, 5) is 0. The molecule has 0 aromatic heterocycles. The number of rotatable bonds is 7. The number of ether oxygens (including phenoxy) is 1. The third-order valence-electron chi connectivity index (χ3n) is 3.74. The molecule has 1 aromatic carbocycles. The number of hydrogen-bond donors (Lipinski definition) is 2. The quantitative estimate of drug-likeness (QED) is 0.796. The van der Waals surface area contributed by atoms with E-state index in [9.17, 15) is 0 Å². The molecular weight excluding hydrogens is 307 g/mol. The molecule has 0 aliphatic carbocycles. The minimum atomic E-state index is 0.592. The largest absolute Gasteiger partial charge is 0.492 e. The van der Waals surface area contributed by atoms with E-state index in [0.29, 0.717) is 16.7 Å². The predicted molar refractivity (Wildman–Crippen MR) is 89.5 cm³/mol. The van der Waals surface area contributed by atoms with Gasteiger partial charge in [0.25, 0.3) is 0 Å². The Morgan fingerprint density at radius 1 is 1.29 bits per heavy atom. The average Bonchev–Trinajstić information content (AvgIpc) is 2.47. The molecule has 0 atom stereocenters. The van der Waals surface area contributed by atoms with Crippen LogP contribution in [0.4, 0.5) is 0 Å². The molecule has 0 unspecified atom stereocenters. The first kappa shape index (κ1) is 16.9. The van der Waals surface area contributed by atoms with Crippen LogP contribution in [0.3, 0.4) is 0 Å². The normalized spacial score (nSPS) is 16.1. The van der Waals surface area contributed by atoms with Crippen LogP contribution in [0.15, 0.2) is 12.1 Å². The van der Waals surface area contributed by atoms with E-state index in [1.165, 1.54) is 12.8 Å². The van der Waals surface area contributed by atoms with Crippen molar-refractivity contribution in [2.45, 2.75) is 32.7 Å². The van der Waals surface area contributed by atoms with Gasteiger partial charge in [-0.05, 0) is 56.9 Å². The second kappa shape index (κ2) is 8.84. The van der Waals surface area contributed by atoms with Gasteiger partial charge in [-0.15, -0.1) is 0 Å². The van der Waals surface area contributed by atoms with E-state index in [4.69, 9.17) is 27.9 Å². The minimum absolute atomic E-state index is 0.592. The van der Waals surface area contributed by atoms with Gasteiger partial charge in [-0.1, -0.05) is 30.1 Å². The van der Waals surface area contributed by atoms with Crippen molar-refractivity contribution in [1.29, 1.82) is 0 Å². The lowest BCUT2D eigenvalue weighted by molar-refractivity contribution is 0.312. The van der Waals surface area contributed by atoms with Crippen LogP contribution in [0, 0.1) is 5.92 Å². The van der Waals surface area contributed by atoms with Crippen molar-refractivity contribution in [2.75, 3.05) is 26.2 Å². The Morgan fingerprint density at radius 2 is 2.05 bits per heavy atom. The molecule has 1 fully saturated rings. The topological polar surface area (TPSA) is 33.3 Å². The molecule has 0 amide bonds. The lowest BCUT2D eigenvalue weighted by Crippen LogP contribution is -2.33. The Balaban J connectivity index is 1.93. The highest BCUT2D eigenvalue weighted by molar-refractivity contribution is 6.35. The van der Waals surface area contributed by atoms with Crippen LogP contribution in [0.5, 0.6) is 5.75 Å². The molecule has 1 aliphatic heterocycles. The molecule has 0 bridgehead atoms. The molecule has 0 radical (unpaired) electrons. The fourth-order valence-electron chi connectivity index (χ4n) is 2.61. The Labute approximate surface area is 137 Å². The maximum absolute atomic E-state index is 6.25. The molecule has 1 aliphatic rings. The number of nitrogens with one attached hydrogen (secondary N) is 2. The summed E-state index contributed by atoms with van der Waals surface area (Å²) >= 11 is 12.4. The molecule has 118 valence electrons. The molecule has 3 nitrogen and oxygen atoms in total. The zero-order valence-electron chi connectivity index (χ0n) is 12.6. The van der Waals surface area contributed by atoms with Gasteiger partial charge in [0.1, 0.15) is 5.75 Å². The van der Waals surface area contributed by atoms with Crippen LogP contribution >= 0.6 is 23.2 Å². The van der Waals surface area contributed by atoms with Crippen LogP contribution in [-0.4, -0.2) is 26.2 Å². The summed E-state index contributed by atoms with van der Waals surface area (Å²) < 4.78 is 5.77. The zero-order valence-corrected chi connectivity index (χ0v) is 14.1. The summed E-state index contributed by atoms with van der Waals surface area (Å²) in [5.41, 5.74) is 1.04. The maximum atomic E-state index is 6.25. The first-order chi connectivity index (χ1) is 10.2. The van der Waals surface area contributed by atoms with E-state index in [1.54, 1.807) is 6.07 Å². The molecule has 2 N–H and O–H groups in total. The van der Waals surface area contributed by atoms with E-state index < -0.39 is 0 Å². The summed E-state index contributed by atoms with van der Waals surface area (Å²) in [7, 11) is 0. The van der Waals surface area contributed by atoms with E-state index in [1.807, 2.05) is 6.07 Å². The van der Waals surface area contributed by atoms with Gasteiger partial charge in [0.15, 0.2) is 0 Å². The summed E-state index contributed by atoms with van der Waals surface area (Å²) in [6.07, 6.45) is 3.44. The Kier molecular flexibility index (Phi) is 7.11. The Morgan fingerprint density at radius 3 is 2.76 bits per heavy atom. The predicted octanol–water partition coefficient (Wildman–Crippen LogP) is 3.87. The highest BCUT2D eigenvalue weighted by Gasteiger charge is 2.14. The first-order valence-corrected chi connectivity index (χ1v) is 8.48. The average molecular weight is 331 g/mol. The Hall–Kier alpha value is -0.480. The van der Waals surface area contributed by atoms with Crippen molar-refractivity contribution in [3.63, 3.8) is 0 Å². The van der Waals surface area contributed by atoms with Crippen molar-refractivity contribution in [3.8, 4) is 5.75 Å². The zero-order chi connectivity index (χ0) is 15.1. The van der Waals surface area contributed by atoms with Gasteiger partial charge in [-0.25, -0.2) is 0 Å². The minimum Gasteiger partial charge on any atom is -0.492 e. The van der Waals surface area contributed by atoms with E-state index in [0.717, 1.165) is 49.8 Å². The van der Waals surface area contributed by atoms with Gasteiger partial charge in [0.05, 0.1) is 11.6 Å². The van der Waals surface area contributed by atoms with Gasteiger partial charge in [0, 0.05) is 17.1 Å². The van der Waals surface area contributed by atoms with Crippen LogP contribution in [-0.2, 0) is 6.54 Å². The number of benzene rings is 1. The maximum Gasteiger partial charge on any atom is 0.142 e. The van der Waals surface area contributed by atoms with Crippen LogP contribution < -0.4 is 15.4 Å². The highest BCUT2D eigenvalue weighted by atomic mass is 35.5. The van der Waals surface area contributed by atoms with E-state index >= 15 is 0 Å². The van der Waals surface area contributed by atoms with Crippen molar-refractivity contribution in [2.24, 2.45) is 5.92 Å². The fourth-order valence-corrected chi connectivity index (χ4v) is 3.20. The van der Waals surface area contributed by atoms with E-state index in [-0.39, 0.29) is 0 Å². The molecular formula is C16H24Cl2N2O. The Bertz CT molecular complexity index is 448. The molecule has 0 saturated carbocycles. The lowest BCUT2D eigenvalue weighted by atomic mass is 9.98. The fraction of sp³-hybridized carbons (Fsp3) is 0.625. The second-order valence-electron chi connectivity index (χ2n) is 5.55. The third-order valence-corrected chi connectivity index (χ3v) is 4.24. The van der Waals surface area contributed by atoms with Crippen molar-refractivity contribution >= 4 is 23.2 Å². The van der Waals surface area contributed by atoms with Gasteiger partial charge in [-0.3, -0.25) is 0 Å². The molecule has 5 heteroatoms. The third kappa shape index (κ3) is 5.33. The van der Waals surface area contributed by atoms with Gasteiger partial charge < -0.3 is 15.4 Å². The molecule has 0 spiro atoms. The van der Waals surface area contributed by atoms with Crippen LogP contribution in [0.25, 0.3) is 0 Å². The molecule has 1 aromatic rings. The smallest absolute Gasteiger partial charge is 0.142 e. The molecule has 1 saturated heterocycles. The van der Waals surface area contributed by atoms with Gasteiger partial charge >= 0.3 is 0 Å². The van der Waals surface area contributed by atoms with Gasteiger partial charge in [0.2, 0.25) is 0 Å². The summed E-state index contributed by atoms with van der Waals surface area (Å²) in [6, 6.07) is 3.68. The summed E-state index contributed by atoms with van der Waals surface area (Å²) in [5, 5.41) is 8.15. The van der Waals surface area contributed by atoms with Crippen LogP contribution in [0.1, 0.15) is 31.7 Å². The molecule has 21 heavy (non-hydrogen) atoms. The van der Waals surface area contributed by atoms with E-state index in [2.05, 4.69) is 17.6 Å². The number of halogens is 2. The number of piperidine rings is 1. The van der Waals surface area contributed by atoms with Crippen molar-refractivity contribution in [3.05, 3.63) is 27.7 Å². The standard InChI is InChI=1S/C16H24Cl2N2O/c1-2-7-21-16-13(8-14(17)9-15(16)18)11-20-10-12-3-5-19-6-4-12/h8-9,12,19-20H,2-7,10-11H2,1H3. The van der Waals surface area contributed by atoms with Crippen molar-refractivity contribution < 1.29 is 4.74 Å².